The average molecular weight is 622 g/mol. The number of ketones is 1. The summed E-state index contributed by atoms with van der Waals surface area (Å²) >= 11 is 0. The number of unbranched alkanes of at least 4 members (excludes halogenated alkanes) is 2. The fourth-order valence-electron chi connectivity index (χ4n) is 9.42. The van der Waals surface area contributed by atoms with Crippen molar-refractivity contribution < 1.29 is 45.7 Å². The number of rotatable bonds is 10. The molecule has 1 aromatic rings. The van der Waals surface area contributed by atoms with E-state index in [9.17, 15) is 45.7 Å². The minimum Gasteiger partial charge on any atom is -0.508 e. The lowest BCUT2D eigenvalue weighted by molar-refractivity contribution is -0.355. The van der Waals surface area contributed by atoms with Crippen LogP contribution in [0.1, 0.15) is 88.2 Å². The van der Waals surface area contributed by atoms with Gasteiger partial charge in [0.1, 0.15) is 11.5 Å². The van der Waals surface area contributed by atoms with E-state index in [0.717, 1.165) is 50.5 Å². The normalized spacial score (nSPS) is 34.2. The summed E-state index contributed by atoms with van der Waals surface area (Å²) in [4.78, 5) is 13.8. The van der Waals surface area contributed by atoms with Crippen molar-refractivity contribution >= 4 is 5.78 Å². The Morgan fingerprint density at radius 1 is 1.05 bits per heavy atom. The molecule has 4 aliphatic rings. The number of hydrogen-bond acceptors (Lipinski definition) is 4. The van der Waals surface area contributed by atoms with E-state index >= 15 is 0 Å². The highest BCUT2D eigenvalue weighted by Crippen LogP contribution is 2.70. The largest absolute Gasteiger partial charge is 0.508 e. The molecule has 0 bridgehead atoms. The number of alkyl halides is 7. The summed E-state index contributed by atoms with van der Waals surface area (Å²) in [7, 11) is 1.43. The van der Waals surface area contributed by atoms with E-state index < -0.39 is 36.6 Å². The Morgan fingerprint density at radius 3 is 2.47 bits per heavy atom. The van der Waals surface area contributed by atoms with Crippen LogP contribution >= 0.6 is 0 Å². The summed E-state index contributed by atoms with van der Waals surface area (Å²) in [5.41, 5.74) is 1.02. The van der Waals surface area contributed by atoms with Gasteiger partial charge < -0.3 is 15.1 Å². The number of benzene rings is 1. The van der Waals surface area contributed by atoms with Gasteiger partial charge in [0, 0.05) is 31.2 Å². The Bertz CT molecular complexity index is 1210. The van der Waals surface area contributed by atoms with Gasteiger partial charge in [0.25, 0.3) is 0 Å². The molecule has 0 spiro atoms. The Hall–Kier alpha value is -1.88. The summed E-state index contributed by atoms with van der Waals surface area (Å²) in [6.07, 6.45) is -0.885. The Labute approximate surface area is 248 Å². The van der Waals surface area contributed by atoms with Crippen LogP contribution in [-0.2, 0) is 11.2 Å². The molecule has 0 radical (unpaired) electrons. The van der Waals surface area contributed by atoms with Crippen molar-refractivity contribution in [1.82, 2.24) is 4.90 Å². The highest BCUT2D eigenvalue weighted by atomic mass is 19.4. The van der Waals surface area contributed by atoms with Crippen LogP contribution in [-0.4, -0.2) is 64.7 Å². The van der Waals surface area contributed by atoms with E-state index in [-0.39, 0.29) is 47.7 Å². The molecule has 3 saturated carbocycles. The molecule has 2 N–H and O–H groups in total. The fraction of sp³-hybridized carbons (Fsp3) is 0.781. The number of phenolic OH excluding ortho intramolecular Hbond substituents is 1. The molecule has 0 amide bonds. The summed E-state index contributed by atoms with van der Waals surface area (Å²) in [5.74, 6) is -9.77. The second-order valence-corrected chi connectivity index (χ2v) is 14.1. The summed E-state index contributed by atoms with van der Waals surface area (Å²) in [6, 6.07) is 5.60. The van der Waals surface area contributed by atoms with Crippen molar-refractivity contribution in [2.75, 3.05) is 20.1 Å². The van der Waals surface area contributed by atoms with E-state index in [0.29, 0.717) is 24.7 Å². The molecular weight excluding hydrogens is 579 g/mol. The SMILES string of the molecule is CN(CCCCC[C@H]1C[C@@]2(C)C(C[C@H]3CC(=O)C[C@]32O)C2CCc3cc(O)ccc3C21)CCC(F)(F)C(F)(F)C(F)(F)F. The third kappa shape index (κ3) is 5.48. The van der Waals surface area contributed by atoms with Crippen LogP contribution in [0.3, 0.4) is 0 Å². The third-order valence-electron chi connectivity index (χ3n) is 11.6. The van der Waals surface area contributed by atoms with Gasteiger partial charge in [0.15, 0.2) is 0 Å². The van der Waals surface area contributed by atoms with Crippen LogP contribution in [0.25, 0.3) is 0 Å². The molecule has 3 unspecified atom stereocenters. The minimum atomic E-state index is -6.31. The zero-order chi connectivity index (χ0) is 31.6. The van der Waals surface area contributed by atoms with E-state index in [4.69, 9.17) is 0 Å². The molecule has 0 heterocycles. The number of Topliss-reactive ketones (excluding diaryl/α,β-unsaturated/α-hetero) is 1. The Morgan fingerprint density at radius 2 is 1.77 bits per heavy atom. The molecule has 0 aromatic heterocycles. The van der Waals surface area contributed by atoms with E-state index in [2.05, 4.69) is 6.92 Å². The summed E-state index contributed by atoms with van der Waals surface area (Å²) < 4.78 is 91.0. The van der Waals surface area contributed by atoms with Gasteiger partial charge in [-0.15, -0.1) is 0 Å². The molecule has 1 aromatic carbocycles. The number of aromatic hydroxyl groups is 1. The van der Waals surface area contributed by atoms with Gasteiger partial charge in [-0.2, -0.15) is 30.7 Å². The maximum Gasteiger partial charge on any atom is 0.459 e. The Balaban J connectivity index is 1.22. The second kappa shape index (κ2) is 11.2. The number of halogens is 7. The van der Waals surface area contributed by atoms with Crippen molar-refractivity contribution in [3.8, 4) is 5.75 Å². The number of aryl methyl sites for hydroxylation is 1. The molecule has 11 heteroatoms. The molecule has 3 fully saturated rings. The second-order valence-electron chi connectivity index (χ2n) is 14.1. The first kappa shape index (κ1) is 32.5. The van der Waals surface area contributed by atoms with Gasteiger partial charge in [0.2, 0.25) is 0 Å². The van der Waals surface area contributed by atoms with Crippen molar-refractivity contribution in [2.45, 2.75) is 107 Å². The topological polar surface area (TPSA) is 60.8 Å². The molecule has 0 saturated heterocycles. The van der Waals surface area contributed by atoms with Gasteiger partial charge in [-0.05, 0) is 105 Å². The number of aliphatic hydroxyl groups is 1. The van der Waals surface area contributed by atoms with E-state index in [1.54, 1.807) is 6.07 Å². The number of carbonyl (C=O) groups is 1. The van der Waals surface area contributed by atoms with Gasteiger partial charge in [0.05, 0.1) is 5.60 Å². The predicted molar refractivity (Wildman–Crippen MR) is 146 cm³/mol. The van der Waals surface area contributed by atoms with Crippen molar-refractivity contribution in [1.29, 1.82) is 0 Å². The maximum absolute atomic E-state index is 13.7. The smallest absolute Gasteiger partial charge is 0.459 e. The lowest BCUT2D eigenvalue weighted by atomic mass is 9.49. The standard InChI is InChI=1S/C32H42F7NO3/c1-28-17-20(6-4-3-5-12-40(2)13-11-30(33,34)31(35,36)32(37,38)39)27-24-10-8-22(41)14-19(24)7-9-25(27)26(28)16-21-15-23(42)18-29(21,28)43/h8,10,14,20-21,25-27,41,43H,3-7,9,11-13,15-18H2,1-2H3/t20-,21+,25?,26?,27?,28-,29-/m0/s1. The molecule has 4 aliphatic carbocycles. The highest BCUT2D eigenvalue weighted by molar-refractivity contribution is 5.83. The van der Waals surface area contributed by atoms with Crippen LogP contribution in [0.4, 0.5) is 30.7 Å². The van der Waals surface area contributed by atoms with Gasteiger partial charge in [-0.1, -0.05) is 25.8 Å². The zero-order valence-electron chi connectivity index (χ0n) is 24.7. The minimum absolute atomic E-state index is 0.0189. The Kier molecular flexibility index (Phi) is 8.45. The molecule has 0 aliphatic heterocycles. The maximum atomic E-state index is 13.7. The molecular formula is C32H42F7NO3. The molecule has 43 heavy (non-hydrogen) atoms. The third-order valence-corrected chi connectivity index (χ3v) is 11.6. The zero-order valence-corrected chi connectivity index (χ0v) is 24.7. The van der Waals surface area contributed by atoms with Crippen LogP contribution in [0, 0.1) is 29.1 Å². The lowest BCUT2D eigenvalue weighted by Crippen LogP contribution is -2.54. The van der Waals surface area contributed by atoms with Crippen LogP contribution in [0.2, 0.25) is 0 Å². The molecule has 7 atom stereocenters. The predicted octanol–water partition coefficient (Wildman–Crippen LogP) is 7.51. The first-order valence-electron chi connectivity index (χ1n) is 15.5. The lowest BCUT2D eigenvalue weighted by Gasteiger charge is -2.56. The molecule has 242 valence electrons. The highest BCUT2D eigenvalue weighted by Gasteiger charge is 2.72. The molecule has 5 rings (SSSR count). The van der Waals surface area contributed by atoms with Crippen molar-refractivity contribution in [3.05, 3.63) is 29.3 Å². The van der Waals surface area contributed by atoms with Crippen LogP contribution in [0.15, 0.2) is 18.2 Å². The first-order valence-corrected chi connectivity index (χ1v) is 15.5. The van der Waals surface area contributed by atoms with Gasteiger partial charge >= 0.3 is 18.0 Å². The number of nitrogens with zero attached hydrogens (tertiary/aromatic N) is 1. The van der Waals surface area contributed by atoms with E-state index in [1.165, 1.54) is 17.5 Å². The number of hydrogen-bond donors (Lipinski definition) is 2. The van der Waals surface area contributed by atoms with Crippen LogP contribution in [0.5, 0.6) is 5.75 Å². The number of phenols is 1. The number of carbonyl (C=O) groups excluding carboxylic acids is 1. The van der Waals surface area contributed by atoms with E-state index in [1.807, 2.05) is 12.1 Å². The average Bonchev–Trinajstić information content (AvgIpc) is 3.32. The fourth-order valence-corrected chi connectivity index (χ4v) is 9.42. The first-order chi connectivity index (χ1) is 19.9. The molecule has 4 nitrogen and oxygen atoms in total. The van der Waals surface area contributed by atoms with Crippen molar-refractivity contribution in [2.24, 2.45) is 29.1 Å². The van der Waals surface area contributed by atoms with Crippen LogP contribution < -0.4 is 0 Å². The van der Waals surface area contributed by atoms with Gasteiger partial charge in [-0.25, -0.2) is 0 Å². The monoisotopic (exact) mass is 621 g/mol. The van der Waals surface area contributed by atoms with Gasteiger partial charge in [-0.3, -0.25) is 4.79 Å². The summed E-state index contributed by atoms with van der Waals surface area (Å²) in [5, 5.41) is 22.1. The quantitative estimate of drug-likeness (QED) is 0.210. The summed E-state index contributed by atoms with van der Waals surface area (Å²) in [6.45, 7) is 1.86. The van der Waals surface area contributed by atoms with Crippen molar-refractivity contribution in [3.63, 3.8) is 0 Å². The number of fused-ring (bicyclic) bond motifs is 7.